The minimum Gasteiger partial charge on any atom is -0.494 e. The number of hydrogen-bond donors (Lipinski definition) is 1. The van der Waals surface area contributed by atoms with E-state index in [1.807, 2.05) is 31.2 Å². The third kappa shape index (κ3) is 2.90. The summed E-state index contributed by atoms with van der Waals surface area (Å²) < 4.78 is 7.04. The SMILES string of the molecule is CCOc1ccccc1CN1CCn2nc(C(=O)O)cc2C1=O. The number of amides is 1. The molecule has 23 heavy (non-hydrogen) atoms. The Labute approximate surface area is 133 Å². The molecule has 7 heteroatoms. The van der Waals surface area contributed by atoms with Crippen LogP contribution >= 0.6 is 0 Å². The molecule has 0 radical (unpaired) electrons. The molecule has 2 heterocycles. The van der Waals surface area contributed by atoms with Crippen LogP contribution in [0.4, 0.5) is 0 Å². The molecule has 0 bridgehead atoms. The Morgan fingerprint density at radius 3 is 2.87 bits per heavy atom. The Balaban J connectivity index is 1.83. The standard InChI is InChI=1S/C16H17N3O4/c1-2-23-14-6-4-3-5-11(14)10-18-7-8-19-13(15(18)20)9-12(17-19)16(21)22/h3-6,9H,2,7-8,10H2,1H3,(H,21,22). The van der Waals surface area contributed by atoms with E-state index < -0.39 is 5.97 Å². The Bertz CT molecular complexity index is 754. The molecule has 1 aromatic heterocycles. The molecule has 0 atom stereocenters. The Morgan fingerprint density at radius 2 is 2.13 bits per heavy atom. The highest BCUT2D eigenvalue weighted by molar-refractivity contribution is 5.96. The molecule has 0 saturated carbocycles. The average molecular weight is 315 g/mol. The maximum Gasteiger partial charge on any atom is 0.356 e. The molecule has 2 aromatic rings. The summed E-state index contributed by atoms with van der Waals surface area (Å²) in [6.45, 7) is 3.84. The molecule has 0 saturated heterocycles. The van der Waals surface area contributed by atoms with E-state index in [4.69, 9.17) is 9.84 Å². The van der Waals surface area contributed by atoms with E-state index in [0.29, 0.717) is 31.9 Å². The molecule has 0 fully saturated rings. The zero-order valence-corrected chi connectivity index (χ0v) is 12.7. The molecular formula is C16H17N3O4. The van der Waals surface area contributed by atoms with E-state index in [1.54, 1.807) is 4.90 Å². The van der Waals surface area contributed by atoms with Gasteiger partial charge in [0.05, 0.1) is 13.2 Å². The number of hydrogen-bond acceptors (Lipinski definition) is 4. The lowest BCUT2D eigenvalue weighted by Gasteiger charge is -2.28. The molecule has 1 amide bonds. The van der Waals surface area contributed by atoms with Gasteiger partial charge in [-0.15, -0.1) is 0 Å². The number of para-hydroxylation sites is 1. The Hall–Kier alpha value is -2.83. The molecule has 1 aliphatic heterocycles. The molecular weight excluding hydrogens is 298 g/mol. The second kappa shape index (κ2) is 6.12. The van der Waals surface area contributed by atoms with Crippen LogP contribution in [0.5, 0.6) is 5.75 Å². The van der Waals surface area contributed by atoms with Crippen LogP contribution in [0.3, 0.4) is 0 Å². The summed E-state index contributed by atoms with van der Waals surface area (Å²) in [6.07, 6.45) is 0. The van der Waals surface area contributed by atoms with Crippen molar-refractivity contribution < 1.29 is 19.4 Å². The highest BCUT2D eigenvalue weighted by Crippen LogP contribution is 2.22. The van der Waals surface area contributed by atoms with Crippen molar-refractivity contribution in [3.05, 3.63) is 47.3 Å². The van der Waals surface area contributed by atoms with Gasteiger partial charge in [0.15, 0.2) is 5.69 Å². The number of aromatic nitrogens is 2. The number of carboxylic acids is 1. The fourth-order valence-electron chi connectivity index (χ4n) is 2.63. The van der Waals surface area contributed by atoms with Crippen LogP contribution in [0.2, 0.25) is 0 Å². The number of rotatable bonds is 5. The van der Waals surface area contributed by atoms with Crippen LogP contribution in [0, 0.1) is 0 Å². The summed E-state index contributed by atoms with van der Waals surface area (Å²) in [5, 5.41) is 12.9. The van der Waals surface area contributed by atoms with Gasteiger partial charge >= 0.3 is 5.97 Å². The maximum absolute atomic E-state index is 12.6. The summed E-state index contributed by atoms with van der Waals surface area (Å²) in [6, 6.07) is 8.91. The summed E-state index contributed by atoms with van der Waals surface area (Å²) in [5.41, 5.74) is 1.13. The minimum absolute atomic E-state index is 0.107. The van der Waals surface area contributed by atoms with Gasteiger partial charge in [-0.25, -0.2) is 4.79 Å². The second-order valence-corrected chi connectivity index (χ2v) is 5.21. The highest BCUT2D eigenvalue weighted by Gasteiger charge is 2.28. The van der Waals surface area contributed by atoms with Crippen molar-refractivity contribution in [1.29, 1.82) is 0 Å². The summed E-state index contributed by atoms with van der Waals surface area (Å²) in [7, 11) is 0. The monoisotopic (exact) mass is 315 g/mol. The maximum atomic E-state index is 12.6. The zero-order chi connectivity index (χ0) is 16.4. The Morgan fingerprint density at radius 1 is 1.35 bits per heavy atom. The molecule has 0 aliphatic carbocycles. The first-order chi connectivity index (χ1) is 11.1. The first-order valence-corrected chi connectivity index (χ1v) is 7.41. The normalized spacial score (nSPS) is 13.8. The van der Waals surface area contributed by atoms with Gasteiger partial charge in [-0.1, -0.05) is 18.2 Å². The van der Waals surface area contributed by atoms with Crippen LogP contribution in [0.15, 0.2) is 30.3 Å². The molecule has 1 N–H and O–H groups in total. The number of benzene rings is 1. The van der Waals surface area contributed by atoms with Crippen LogP contribution in [-0.4, -0.2) is 44.8 Å². The van der Waals surface area contributed by atoms with Crippen LogP contribution < -0.4 is 4.74 Å². The van der Waals surface area contributed by atoms with E-state index in [0.717, 1.165) is 11.3 Å². The van der Waals surface area contributed by atoms with Gasteiger partial charge in [0.2, 0.25) is 0 Å². The first-order valence-electron chi connectivity index (χ1n) is 7.41. The zero-order valence-electron chi connectivity index (χ0n) is 12.7. The minimum atomic E-state index is -1.13. The molecule has 120 valence electrons. The number of carbonyl (C=O) groups excluding carboxylic acids is 1. The smallest absolute Gasteiger partial charge is 0.356 e. The third-order valence-corrected chi connectivity index (χ3v) is 3.72. The lowest BCUT2D eigenvalue weighted by Crippen LogP contribution is -2.39. The number of carbonyl (C=O) groups is 2. The van der Waals surface area contributed by atoms with Crippen molar-refractivity contribution in [3.8, 4) is 5.75 Å². The molecule has 1 aromatic carbocycles. The molecule has 7 nitrogen and oxygen atoms in total. The fraction of sp³-hybridized carbons (Fsp3) is 0.312. The third-order valence-electron chi connectivity index (χ3n) is 3.72. The van der Waals surface area contributed by atoms with Crippen LogP contribution in [0.1, 0.15) is 33.5 Å². The van der Waals surface area contributed by atoms with Gasteiger partial charge in [0, 0.05) is 24.7 Å². The largest absolute Gasteiger partial charge is 0.494 e. The summed E-state index contributed by atoms with van der Waals surface area (Å²) in [5.74, 6) is -0.594. The van der Waals surface area contributed by atoms with Gasteiger partial charge in [0.25, 0.3) is 5.91 Å². The van der Waals surface area contributed by atoms with Crippen LogP contribution in [-0.2, 0) is 13.1 Å². The van der Waals surface area contributed by atoms with Crippen molar-refractivity contribution in [2.24, 2.45) is 0 Å². The van der Waals surface area contributed by atoms with Gasteiger partial charge in [0.1, 0.15) is 11.4 Å². The predicted molar refractivity (Wildman–Crippen MR) is 81.5 cm³/mol. The average Bonchev–Trinajstić information content (AvgIpc) is 2.97. The van der Waals surface area contributed by atoms with Crippen molar-refractivity contribution >= 4 is 11.9 Å². The van der Waals surface area contributed by atoms with E-state index in [1.165, 1.54) is 10.7 Å². The van der Waals surface area contributed by atoms with Gasteiger partial charge < -0.3 is 14.7 Å². The highest BCUT2D eigenvalue weighted by atomic mass is 16.5. The molecule has 3 rings (SSSR count). The fourth-order valence-corrected chi connectivity index (χ4v) is 2.63. The van der Waals surface area contributed by atoms with Crippen molar-refractivity contribution in [1.82, 2.24) is 14.7 Å². The van der Waals surface area contributed by atoms with Gasteiger partial charge in [-0.05, 0) is 13.0 Å². The lowest BCUT2D eigenvalue weighted by atomic mass is 10.1. The summed E-state index contributed by atoms with van der Waals surface area (Å²) in [4.78, 5) is 25.2. The molecule has 1 aliphatic rings. The van der Waals surface area contributed by atoms with Crippen LogP contribution in [0.25, 0.3) is 0 Å². The lowest BCUT2D eigenvalue weighted by molar-refractivity contribution is 0.0669. The van der Waals surface area contributed by atoms with Crippen molar-refractivity contribution in [2.45, 2.75) is 20.0 Å². The van der Waals surface area contributed by atoms with E-state index in [2.05, 4.69) is 5.10 Å². The van der Waals surface area contributed by atoms with Crippen molar-refractivity contribution in [2.75, 3.05) is 13.2 Å². The molecule has 0 spiro atoms. The number of aromatic carboxylic acids is 1. The Kier molecular flexibility index (Phi) is 4.01. The number of carboxylic acid groups (broad SMARTS) is 1. The number of fused-ring (bicyclic) bond motifs is 1. The number of ether oxygens (including phenoxy) is 1. The predicted octanol–water partition coefficient (Wildman–Crippen LogP) is 1.64. The molecule has 0 unspecified atom stereocenters. The summed E-state index contributed by atoms with van der Waals surface area (Å²) >= 11 is 0. The van der Waals surface area contributed by atoms with Gasteiger partial charge in [-0.3, -0.25) is 9.48 Å². The van der Waals surface area contributed by atoms with Gasteiger partial charge in [-0.2, -0.15) is 5.10 Å². The van der Waals surface area contributed by atoms with Crippen molar-refractivity contribution in [3.63, 3.8) is 0 Å². The van der Waals surface area contributed by atoms with E-state index in [-0.39, 0.29) is 11.6 Å². The quantitative estimate of drug-likeness (QED) is 0.906. The van der Waals surface area contributed by atoms with E-state index >= 15 is 0 Å². The van der Waals surface area contributed by atoms with E-state index in [9.17, 15) is 9.59 Å². The number of nitrogens with zero attached hydrogens (tertiary/aromatic N) is 3. The first kappa shape index (κ1) is 15.1. The second-order valence-electron chi connectivity index (χ2n) is 5.21. The topological polar surface area (TPSA) is 84.7 Å².